The number of thiazole rings is 1. The third-order valence-corrected chi connectivity index (χ3v) is 5.41. The molecular formula is C14H18F3N3OS. The van der Waals surface area contributed by atoms with Crippen LogP contribution < -0.4 is 4.90 Å². The first-order valence-electron chi connectivity index (χ1n) is 7.52. The highest BCUT2D eigenvalue weighted by Gasteiger charge is 2.35. The molecule has 2 aliphatic rings. The summed E-state index contributed by atoms with van der Waals surface area (Å²) in [6.07, 6.45) is 0.0851. The molecule has 2 aliphatic heterocycles. The van der Waals surface area contributed by atoms with E-state index in [0.29, 0.717) is 42.4 Å². The lowest BCUT2D eigenvalue weighted by Gasteiger charge is -2.32. The van der Waals surface area contributed by atoms with Crippen LogP contribution in [0.4, 0.5) is 18.3 Å². The van der Waals surface area contributed by atoms with Crippen LogP contribution in [0.25, 0.3) is 0 Å². The molecule has 122 valence electrons. The van der Waals surface area contributed by atoms with Crippen molar-refractivity contribution in [2.45, 2.75) is 31.9 Å². The normalized spacial score (nSPS) is 20.7. The van der Waals surface area contributed by atoms with Crippen molar-refractivity contribution in [3.05, 3.63) is 11.1 Å². The topological polar surface area (TPSA) is 36.4 Å². The van der Waals surface area contributed by atoms with Crippen LogP contribution in [-0.2, 0) is 11.0 Å². The lowest BCUT2D eigenvalue weighted by molar-refractivity contribution is -0.135. The summed E-state index contributed by atoms with van der Waals surface area (Å²) in [6.45, 7) is 2.88. The fourth-order valence-electron chi connectivity index (χ4n) is 3.06. The molecule has 0 aliphatic carbocycles. The zero-order valence-electron chi connectivity index (χ0n) is 12.1. The van der Waals surface area contributed by atoms with E-state index in [1.54, 1.807) is 0 Å². The number of rotatable bonds is 2. The molecule has 0 atom stereocenters. The number of carbonyl (C=O) groups is 1. The van der Waals surface area contributed by atoms with E-state index >= 15 is 0 Å². The predicted molar refractivity (Wildman–Crippen MR) is 77.9 cm³/mol. The minimum Gasteiger partial charge on any atom is -0.348 e. The van der Waals surface area contributed by atoms with Gasteiger partial charge in [-0.15, -0.1) is 0 Å². The third kappa shape index (κ3) is 3.21. The molecule has 0 saturated carbocycles. The molecule has 0 radical (unpaired) electrons. The second-order valence-corrected chi connectivity index (χ2v) is 6.81. The van der Waals surface area contributed by atoms with Gasteiger partial charge in [0.2, 0.25) is 5.91 Å². The summed E-state index contributed by atoms with van der Waals surface area (Å²) < 4.78 is 37.8. The van der Waals surface area contributed by atoms with Crippen molar-refractivity contribution in [2.75, 3.05) is 31.1 Å². The molecule has 0 bridgehead atoms. The van der Waals surface area contributed by atoms with E-state index < -0.39 is 11.1 Å². The van der Waals surface area contributed by atoms with Gasteiger partial charge in [0.05, 0.1) is 6.20 Å². The smallest absolute Gasteiger partial charge is 0.348 e. The molecule has 0 unspecified atom stereocenters. The van der Waals surface area contributed by atoms with Gasteiger partial charge in [-0.25, -0.2) is 4.98 Å². The molecule has 8 heteroatoms. The van der Waals surface area contributed by atoms with Crippen molar-refractivity contribution >= 4 is 22.4 Å². The number of nitrogens with zero attached hydrogens (tertiary/aromatic N) is 3. The van der Waals surface area contributed by atoms with Gasteiger partial charge in [-0.1, -0.05) is 11.3 Å². The minimum absolute atomic E-state index is 0.0106. The van der Waals surface area contributed by atoms with Crippen molar-refractivity contribution in [1.29, 1.82) is 0 Å². The molecule has 0 N–H and O–H groups in total. The maximum absolute atomic E-state index is 12.6. The van der Waals surface area contributed by atoms with Crippen molar-refractivity contribution in [2.24, 2.45) is 5.92 Å². The number of amides is 1. The Bertz CT molecular complexity index is 532. The van der Waals surface area contributed by atoms with Crippen LogP contribution in [0.3, 0.4) is 0 Å². The SMILES string of the molecule is O=C(C1CCN(c2ncc(C(F)(F)F)s2)CC1)N1CCCC1. The van der Waals surface area contributed by atoms with Crippen LogP contribution >= 0.6 is 11.3 Å². The van der Waals surface area contributed by atoms with Gasteiger partial charge in [-0.3, -0.25) is 4.79 Å². The van der Waals surface area contributed by atoms with Crippen LogP contribution in [0.5, 0.6) is 0 Å². The Hall–Kier alpha value is -1.31. The Morgan fingerprint density at radius 1 is 1.18 bits per heavy atom. The van der Waals surface area contributed by atoms with Gasteiger partial charge in [-0.05, 0) is 25.7 Å². The molecule has 2 fully saturated rings. The van der Waals surface area contributed by atoms with Crippen LogP contribution in [0.1, 0.15) is 30.6 Å². The van der Waals surface area contributed by atoms with E-state index in [0.717, 1.165) is 32.1 Å². The van der Waals surface area contributed by atoms with Crippen LogP contribution in [0.15, 0.2) is 6.20 Å². The first-order chi connectivity index (χ1) is 10.4. The Kier molecular flexibility index (Phi) is 4.29. The Morgan fingerprint density at radius 3 is 2.36 bits per heavy atom. The van der Waals surface area contributed by atoms with Gasteiger partial charge >= 0.3 is 6.18 Å². The maximum atomic E-state index is 12.6. The predicted octanol–water partition coefficient (Wildman–Crippen LogP) is 3.00. The lowest BCUT2D eigenvalue weighted by Crippen LogP contribution is -2.41. The zero-order valence-corrected chi connectivity index (χ0v) is 12.9. The van der Waals surface area contributed by atoms with Gasteiger partial charge in [0.15, 0.2) is 5.13 Å². The molecule has 4 nitrogen and oxygen atoms in total. The highest BCUT2D eigenvalue weighted by molar-refractivity contribution is 7.15. The van der Waals surface area contributed by atoms with Gasteiger partial charge in [0.1, 0.15) is 4.88 Å². The van der Waals surface area contributed by atoms with E-state index in [4.69, 9.17) is 0 Å². The van der Waals surface area contributed by atoms with E-state index in [9.17, 15) is 18.0 Å². The molecule has 0 aromatic carbocycles. The minimum atomic E-state index is -4.33. The molecule has 3 heterocycles. The summed E-state index contributed by atoms with van der Waals surface area (Å²) in [7, 11) is 0. The van der Waals surface area contributed by atoms with Crippen molar-refractivity contribution in [1.82, 2.24) is 9.88 Å². The number of alkyl halides is 3. The van der Waals surface area contributed by atoms with Crippen LogP contribution in [0, 0.1) is 5.92 Å². The van der Waals surface area contributed by atoms with Gasteiger partial charge < -0.3 is 9.80 Å². The highest BCUT2D eigenvalue weighted by atomic mass is 32.1. The standard InChI is InChI=1S/C14H18F3N3OS/c15-14(16,17)11-9-18-13(22-11)20-7-3-10(4-8-20)12(21)19-5-1-2-6-19/h9-10H,1-8H2. The van der Waals surface area contributed by atoms with Crippen molar-refractivity contribution < 1.29 is 18.0 Å². The summed E-state index contributed by atoms with van der Waals surface area (Å²) in [5.74, 6) is 0.226. The molecule has 1 aromatic heterocycles. The lowest BCUT2D eigenvalue weighted by atomic mass is 9.95. The maximum Gasteiger partial charge on any atom is 0.427 e. The van der Waals surface area contributed by atoms with E-state index in [1.807, 2.05) is 9.80 Å². The van der Waals surface area contributed by atoms with E-state index in [1.165, 1.54) is 0 Å². The highest BCUT2D eigenvalue weighted by Crippen LogP contribution is 2.37. The average molecular weight is 333 g/mol. The first kappa shape index (κ1) is 15.6. The van der Waals surface area contributed by atoms with E-state index in [2.05, 4.69) is 4.98 Å². The Labute approximate surface area is 130 Å². The monoisotopic (exact) mass is 333 g/mol. The van der Waals surface area contributed by atoms with Crippen molar-refractivity contribution in [3.8, 4) is 0 Å². The van der Waals surface area contributed by atoms with Crippen LogP contribution in [-0.4, -0.2) is 42.0 Å². The fourth-order valence-corrected chi connectivity index (χ4v) is 3.89. The van der Waals surface area contributed by atoms with Gasteiger partial charge in [0.25, 0.3) is 0 Å². The molecule has 1 amide bonds. The second kappa shape index (κ2) is 6.06. The van der Waals surface area contributed by atoms with Crippen LogP contribution in [0.2, 0.25) is 0 Å². The number of aromatic nitrogens is 1. The molecule has 1 aromatic rings. The average Bonchev–Trinajstić information content (AvgIpc) is 3.17. The number of carbonyl (C=O) groups excluding carboxylic acids is 1. The molecule has 0 spiro atoms. The quantitative estimate of drug-likeness (QED) is 0.835. The molecule has 2 saturated heterocycles. The zero-order chi connectivity index (χ0) is 15.7. The largest absolute Gasteiger partial charge is 0.427 e. The Balaban J connectivity index is 1.57. The van der Waals surface area contributed by atoms with Crippen molar-refractivity contribution in [3.63, 3.8) is 0 Å². The summed E-state index contributed by atoms with van der Waals surface area (Å²) in [5.41, 5.74) is 0. The summed E-state index contributed by atoms with van der Waals surface area (Å²) >= 11 is 0.676. The molecule has 3 rings (SSSR count). The summed E-state index contributed by atoms with van der Waals surface area (Å²) in [5, 5.41) is 0.402. The molecule has 22 heavy (non-hydrogen) atoms. The number of halogens is 3. The van der Waals surface area contributed by atoms with Gasteiger partial charge in [0, 0.05) is 32.1 Å². The van der Waals surface area contributed by atoms with E-state index in [-0.39, 0.29) is 11.8 Å². The number of hydrogen-bond acceptors (Lipinski definition) is 4. The number of hydrogen-bond donors (Lipinski definition) is 0. The number of likely N-dealkylation sites (tertiary alicyclic amines) is 1. The number of piperidine rings is 1. The van der Waals surface area contributed by atoms with Gasteiger partial charge in [-0.2, -0.15) is 13.2 Å². The third-order valence-electron chi connectivity index (χ3n) is 4.31. The first-order valence-corrected chi connectivity index (χ1v) is 8.33. The summed E-state index contributed by atoms with van der Waals surface area (Å²) in [6, 6.07) is 0. The molecular weight excluding hydrogens is 315 g/mol. The summed E-state index contributed by atoms with van der Waals surface area (Å²) in [4.78, 5) is 19.3. The second-order valence-electron chi connectivity index (χ2n) is 5.80. The number of anilines is 1. The fraction of sp³-hybridized carbons (Fsp3) is 0.714. The Morgan fingerprint density at radius 2 is 1.82 bits per heavy atom.